The molecule has 0 spiro atoms. The fourth-order valence-corrected chi connectivity index (χ4v) is 1.82. The minimum absolute atomic E-state index is 0.442. The molecule has 0 aliphatic rings. The van der Waals surface area contributed by atoms with Gasteiger partial charge in [0.1, 0.15) is 5.82 Å². The summed E-state index contributed by atoms with van der Waals surface area (Å²) in [4.78, 5) is 0. The maximum atomic E-state index is 5.94. The van der Waals surface area contributed by atoms with Crippen molar-refractivity contribution in [3.8, 4) is 0 Å². The molecule has 0 bridgehead atoms. The van der Waals surface area contributed by atoms with E-state index in [1.54, 1.807) is 0 Å². The number of hydrogen-bond acceptors (Lipinski definition) is 2. The SMILES string of the molecule is CCc1ccc(Cn2c(C)nnc2Cl)cc1. The van der Waals surface area contributed by atoms with Gasteiger partial charge in [0.2, 0.25) is 5.28 Å². The first-order valence-corrected chi connectivity index (χ1v) is 5.71. The first-order valence-electron chi connectivity index (χ1n) is 5.34. The summed E-state index contributed by atoms with van der Waals surface area (Å²) in [6, 6.07) is 8.52. The Bertz CT molecular complexity index is 454. The molecular weight excluding hydrogens is 222 g/mol. The molecule has 1 aromatic carbocycles. The lowest BCUT2D eigenvalue weighted by Gasteiger charge is -2.06. The fourth-order valence-electron chi connectivity index (χ4n) is 1.60. The average molecular weight is 236 g/mol. The molecule has 1 aromatic heterocycles. The number of nitrogens with zero attached hydrogens (tertiary/aromatic N) is 3. The van der Waals surface area contributed by atoms with Gasteiger partial charge in [-0.05, 0) is 36.1 Å². The minimum atomic E-state index is 0.442. The van der Waals surface area contributed by atoms with E-state index >= 15 is 0 Å². The second-order valence-electron chi connectivity index (χ2n) is 3.77. The average Bonchev–Trinajstić information content (AvgIpc) is 2.62. The van der Waals surface area contributed by atoms with Crippen molar-refractivity contribution in [2.24, 2.45) is 0 Å². The summed E-state index contributed by atoms with van der Waals surface area (Å²) in [5, 5.41) is 8.19. The third kappa shape index (κ3) is 2.25. The van der Waals surface area contributed by atoms with Crippen molar-refractivity contribution in [1.82, 2.24) is 14.8 Å². The van der Waals surface area contributed by atoms with Crippen molar-refractivity contribution in [2.75, 3.05) is 0 Å². The molecule has 0 aliphatic heterocycles. The second kappa shape index (κ2) is 4.66. The van der Waals surface area contributed by atoms with Crippen molar-refractivity contribution >= 4 is 11.6 Å². The van der Waals surface area contributed by atoms with Gasteiger partial charge in [0, 0.05) is 0 Å². The fraction of sp³-hybridized carbons (Fsp3) is 0.333. The molecule has 0 aliphatic carbocycles. The monoisotopic (exact) mass is 235 g/mol. The van der Waals surface area contributed by atoms with Crippen LogP contribution >= 0.6 is 11.6 Å². The lowest BCUT2D eigenvalue weighted by Crippen LogP contribution is -2.02. The second-order valence-corrected chi connectivity index (χ2v) is 4.11. The van der Waals surface area contributed by atoms with E-state index < -0.39 is 0 Å². The molecule has 4 heteroatoms. The van der Waals surface area contributed by atoms with Crippen LogP contribution in [-0.4, -0.2) is 14.8 Å². The summed E-state index contributed by atoms with van der Waals surface area (Å²) in [5.74, 6) is 0.838. The van der Waals surface area contributed by atoms with Gasteiger partial charge >= 0.3 is 0 Å². The van der Waals surface area contributed by atoms with E-state index in [1.807, 2.05) is 11.5 Å². The van der Waals surface area contributed by atoms with Crippen molar-refractivity contribution in [3.63, 3.8) is 0 Å². The number of aromatic nitrogens is 3. The number of hydrogen-bond donors (Lipinski definition) is 0. The van der Waals surface area contributed by atoms with Crippen LogP contribution in [0.15, 0.2) is 24.3 Å². The quantitative estimate of drug-likeness (QED) is 0.819. The molecule has 84 valence electrons. The molecule has 0 atom stereocenters. The first-order chi connectivity index (χ1) is 7.70. The summed E-state index contributed by atoms with van der Waals surface area (Å²) in [6.45, 7) is 4.77. The van der Waals surface area contributed by atoms with E-state index in [9.17, 15) is 0 Å². The van der Waals surface area contributed by atoms with Gasteiger partial charge in [-0.3, -0.25) is 4.57 Å². The Morgan fingerprint density at radius 2 is 1.75 bits per heavy atom. The van der Waals surface area contributed by atoms with Crippen LogP contribution in [0.5, 0.6) is 0 Å². The van der Waals surface area contributed by atoms with Gasteiger partial charge in [0.05, 0.1) is 6.54 Å². The smallest absolute Gasteiger partial charge is 0.225 e. The van der Waals surface area contributed by atoms with E-state index in [4.69, 9.17) is 11.6 Å². The first kappa shape index (κ1) is 11.1. The molecule has 2 rings (SSSR count). The summed E-state index contributed by atoms with van der Waals surface area (Å²) >= 11 is 5.94. The molecule has 3 nitrogen and oxygen atoms in total. The highest BCUT2D eigenvalue weighted by Gasteiger charge is 2.06. The van der Waals surface area contributed by atoms with Gasteiger partial charge in [-0.2, -0.15) is 0 Å². The summed E-state index contributed by atoms with van der Waals surface area (Å²) < 4.78 is 1.89. The minimum Gasteiger partial charge on any atom is -0.298 e. The number of halogens is 1. The summed E-state index contributed by atoms with van der Waals surface area (Å²) in [5.41, 5.74) is 2.55. The van der Waals surface area contributed by atoms with Gasteiger partial charge in [-0.15, -0.1) is 10.2 Å². The highest BCUT2D eigenvalue weighted by molar-refractivity contribution is 6.28. The lowest BCUT2D eigenvalue weighted by molar-refractivity contribution is 0.761. The van der Waals surface area contributed by atoms with Crippen LogP contribution in [0.25, 0.3) is 0 Å². The predicted molar refractivity (Wildman–Crippen MR) is 64.7 cm³/mol. The van der Waals surface area contributed by atoms with E-state index in [0.29, 0.717) is 5.28 Å². The highest BCUT2D eigenvalue weighted by atomic mass is 35.5. The molecule has 0 N–H and O–H groups in total. The molecule has 0 saturated heterocycles. The Hall–Kier alpha value is -1.35. The molecule has 16 heavy (non-hydrogen) atoms. The van der Waals surface area contributed by atoms with E-state index in [2.05, 4.69) is 41.4 Å². The largest absolute Gasteiger partial charge is 0.298 e. The van der Waals surface area contributed by atoms with E-state index in [-0.39, 0.29) is 0 Å². The van der Waals surface area contributed by atoms with Crippen LogP contribution in [0.1, 0.15) is 23.9 Å². The molecule has 0 amide bonds. The van der Waals surface area contributed by atoms with Crippen LogP contribution in [0.3, 0.4) is 0 Å². The Kier molecular flexibility index (Phi) is 3.25. The van der Waals surface area contributed by atoms with Crippen molar-refractivity contribution in [2.45, 2.75) is 26.8 Å². The van der Waals surface area contributed by atoms with Crippen LogP contribution in [0.2, 0.25) is 5.28 Å². The standard InChI is InChI=1S/C12H14ClN3/c1-3-10-4-6-11(7-5-10)8-16-9(2)14-15-12(16)13/h4-7H,3,8H2,1-2H3. The summed E-state index contributed by atoms with van der Waals surface area (Å²) in [6.07, 6.45) is 1.06. The Morgan fingerprint density at radius 1 is 1.12 bits per heavy atom. The van der Waals surface area contributed by atoms with Crippen molar-refractivity contribution in [3.05, 3.63) is 46.5 Å². The van der Waals surface area contributed by atoms with Gasteiger partial charge in [0.15, 0.2) is 0 Å². The van der Waals surface area contributed by atoms with Gasteiger partial charge in [-0.25, -0.2) is 0 Å². The maximum Gasteiger partial charge on any atom is 0.225 e. The zero-order valence-corrected chi connectivity index (χ0v) is 10.2. The Labute approximate surface area is 100 Å². The molecule has 2 aromatic rings. The number of benzene rings is 1. The number of aryl methyl sites for hydroxylation is 2. The summed E-state index contributed by atoms with van der Waals surface area (Å²) in [7, 11) is 0. The topological polar surface area (TPSA) is 30.7 Å². The van der Waals surface area contributed by atoms with Crippen LogP contribution in [0.4, 0.5) is 0 Å². The van der Waals surface area contributed by atoms with Crippen molar-refractivity contribution in [1.29, 1.82) is 0 Å². The zero-order valence-electron chi connectivity index (χ0n) is 9.44. The predicted octanol–water partition coefficient (Wildman–Crippen LogP) is 2.85. The van der Waals surface area contributed by atoms with Crippen LogP contribution in [0, 0.1) is 6.92 Å². The third-order valence-electron chi connectivity index (χ3n) is 2.66. The zero-order chi connectivity index (χ0) is 11.5. The molecule has 1 heterocycles. The van der Waals surface area contributed by atoms with Crippen molar-refractivity contribution < 1.29 is 0 Å². The molecule has 0 saturated carbocycles. The van der Waals surface area contributed by atoms with E-state index in [0.717, 1.165) is 18.8 Å². The third-order valence-corrected chi connectivity index (χ3v) is 2.94. The van der Waals surface area contributed by atoms with Gasteiger partial charge in [0.25, 0.3) is 0 Å². The molecule has 0 fully saturated rings. The lowest BCUT2D eigenvalue weighted by atomic mass is 10.1. The molecule has 0 radical (unpaired) electrons. The normalized spacial score (nSPS) is 10.7. The van der Waals surface area contributed by atoms with Crippen LogP contribution in [-0.2, 0) is 13.0 Å². The van der Waals surface area contributed by atoms with Crippen LogP contribution < -0.4 is 0 Å². The van der Waals surface area contributed by atoms with E-state index in [1.165, 1.54) is 11.1 Å². The number of rotatable bonds is 3. The Balaban J connectivity index is 2.20. The molecule has 0 unspecified atom stereocenters. The highest BCUT2D eigenvalue weighted by Crippen LogP contribution is 2.12. The molecular formula is C12H14ClN3. The van der Waals surface area contributed by atoms with Gasteiger partial charge < -0.3 is 0 Å². The maximum absolute atomic E-state index is 5.94. The van der Waals surface area contributed by atoms with Gasteiger partial charge in [-0.1, -0.05) is 31.2 Å². The Morgan fingerprint density at radius 3 is 2.25 bits per heavy atom.